The van der Waals surface area contributed by atoms with E-state index in [4.69, 9.17) is 4.74 Å². The molecule has 0 bridgehead atoms. The number of methoxy groups -OCH3 is 1. The van der Waals surface area contributed by atoms with Crippen molar-refractivity contribution >= 4 is 22.6 Å². The molecule has 8 heteroatoms. The molecule has 0 radical (unpaired) electrons. The van der Waals surface area contributed by atoms with Crippen molar-refractivity contribution in [1.29, 1.82) is 0 Å². The molecule has 0 unspecified atom stereocenters. The molecular formula is C24H30FN3O4. The highest BCUT2D eigenvalue weighted by Gasteiger charge is 2.33. The van der Waals surface area contributed by atoms with E-state index in [2.05, 4.69) is 4.90 Å². The molecule has 0 atom stereocenters. The van der Waals surface area contributed by atoms with Gasteiger partial charge in [0.15, 0.2) is 11.6 Å². The largest absolute Gasteiger partial charge is 0.492 e. The summed E-state index contributed by atoms with van der Waals surface area (Å²) in [6.45, 7) is 3.75. The number of fused-ring (bicyclic) bond motifs is 1. The van der Waals surface area contributed by atoms with Crippen LogP contribution in [-0.2, 0) is 0 Å². The normalized spacial score (nSPS) is 20.6. The van der Waals surface area contributed by atoms with E-state index in [1.807, 2.05) is 9.47 Å². The first-order valence-electron chi connectivity index (χ1n) is 11.7. The van der Waals surface area contributed by atoms with Crippen LogP contribution in [0.2, 0.25) is 0 Å². The second-order valence-corrected chi connectivity index (χ2v) is 9.27. The van der Waals surface area contributed by atoms with Crippen molar-refractivity contribution in [3.05, 3.63) is 33.9 Å². The van der Waals surface area contributed by atoms with Crippen molar-refractivity contribution in [2.24, 2.45) is 0 Å². The third kappa shape index (κ3) is 3.64. The van der Waals surface area contributed by atoms with Crippen LogP contribution in [0.3, 0.4) is 0 Å². The van der Waals surface area contributed by atoms with Crippen LogP contribution in [0.1, 0.15) is 61.3 Å². The quantitative estimate of drug-likeness (QED) is 0.761. The molecule has 3 fully saturated rings. The molecule has 172 valence electrons. The Kier molecular flexibility index (Phi) is 5.57. The van der Waals surface area contributed by atoms with Gasteiger partial charge in [0.1, 0.15) is 11.3 Å². The maximum atomic E-state index is 15.4. The zero-order valence-corrected chi connectivity index (χ0v) is 18.5. The number of halogens is 1. The van der Waals surface area contributed by atoms with E-state index in [1.165, 1.54) is 38.6 Å². The van der Waals surface area contributed by atoms with Crippen molar-refractivity contribution in [2.45, 2.75) is 57.0 Å². The lowest BCUT2D eigenvalue weighted by atomic mass is 9.99. The van der Waals surface area contributed by atoms with Crippen molar-refractivity contribution < 1.29 is 19.0 Å². The summed E-state index contributed by atoms with van der Waals surface area (Å²) in [5.74, 6) is -1.50. The Hall–Kier alpha value is -2.61. The van der Waals surface area contributed by atoms with E-state index >= 15 is 4.39 Å². The van der Waals surface area contributed by atoms with Crippen LogP contribution in [0.4, 0.5) is 10.1 Å². The lowest BCUT2D eigenvalue weighted by molar-refractivity contribution is 0.0695. The Bertz CT molecular complexity index is 1100. The van der Waals surface area contributed by atoms with Gasteiger partial charge in [-0.3, -0.25) is 4.79 Å². The SMILES string of the molecule is COc1c(N2CCC(N3CCCCC3)CC2)c(F)cc2c(=O)c(C(=O)O)cn(C3CC3)c12. The molecule has 3 heterocycles. The summed E-state index contributed by atoms with van der Waals surface area (Å²) in [7, 11) is 1.49. The Balaban J connectivity index is 1.55. The van der Waals surface area contributed by atoms with Crippen molar-refractivity contribution in [2.75, 3.05) is 38.2 Å². The van der Waals surface area contributed by atoms with Crippen molar-refractivity contribution in [3.8, 4) is 5.75 Å². The number of aromatic carboxylic acids is 1. The third-order valence-corrected chi connectivity index (χ3v) is 7.26. The number of aromatic nitrogens is 1. The standard InChI is InChI=1S/C24H30FN3O4/c1-32-23-20-17(22(29)18(24(30)31)14-28(20)16-5-6-16)13-19(25)21(23)27-11-7-15(8-12-27)26-9-3-2-4-10-26/h13-16H,2-12H2,1H3,(H,30,31). The summed E-state index contributed by atoms with van der Waals surface area (Å²) >= 11 is 0. The highest BCUT2D eigenvalue weighted by Crippen LogP contribution is 2.44. The summed E-state index contributed by atoms with van der Waals surface area (Å²) in [6, 6.07) is 1.84. The van der Waals surface area contributed by atoms with Crippen LogP contribution in [0.25, 0.3) is 10.9 Å². The van der Waals surface area contributed by atoms with Crippen molar-refractivity contribution in [1.82, 2.24) is 9.47 Å². The van der Waals surface area contributed by atoms with Gasteiger partial charge in [-0.05, 0) is 57.7 Å². The Labute approximate surface area is 186 Å². The molecular weight excluding hydrogens is 413 g/mol. The number of ether oxygens (including phenoxy) is 1. The highest BCUT2D eigenvalue weighted by atomic mass is 19.1. The van der Waals surface area contributed by atoms with Gasteiger partial charge in [-0.25, -0.2) is 9.18 Å². The fraction of sp³-hybridized carbons (Fsp3) is 0.583. The molecule has 2 aromatic rings. The number of pyridine rings is 1. The number of carboxylic acid groups (broad SMARTS) is 1. The second kappa shape index (κ2) is 8.39. The zero-order valence-electron chi connectivity index (χ0n) is 18.5. The number of piperidine rings is 2. The molecule has 1 saturated carbocycles. The van der Waals surface area contributed by atoms with Gasteiger partial charge in [0, 0.05) is 31.4 Å². The van der Waals surface area contributed by atoms with E-state index in [-0.39, 0.29) is 17.0 Å². The molecule has 1 aromatic carbocycles. The summed E-state index contributed by atoms with van der Waals surface area (Å²) in [5.41, 5.74) is -0.119. The van der Waals surface area contributed by atoms with Crippen LogP contribution in [0, 0.1) is 5.82 Å². The van der Waals surface area contributed by atoms with Crippen LogP contribution in [0.5, 0.6) is 5.75 Å². The number of hydrogen-bond donors (Lipinski definition) is 1. The van der Waals surface area contributed by atoms with Crippen molar-refractivity contribution in [3.63, 3.8) is 0 Å². The second-order valence-electron chi connectivity index (χ2n) is 9.27. The Morgan fingerprint density at radius 3 is 2.34 bits per heavy atom. The number of anilines is 1. The summed E-state index contributed by atoms with van der Waals surface area (Å²) < 4.78 is 23.0. The minimum atomic E-state index is -1.30. The average Bonchev–Trinajstić information content (AvgIpc) is 3.65. The number of likely N-dealkylation sites (tertiary alicyclic amines) is 1. The number of carbonyl (C=O) groups is 1. The molecule has 1 N–H and O–H groups in total. The lowest BCUT2D eigenvalue weighted by Gasteiger charge is -2.41. The fourth-order valence-electron chi connectivity index (χ4n) is 5.46. The number of hydrogen-bond acceptors (Lipinski definition) is 5. The summed E-state index contributed by atoms with van der Waals surface area (Å²) in [4.78, 5) is 29.1. The molecule has 7 nitrogen and oxygen atoms in total. The maximum absolute atomic E-state index is 15.4. The zero-order chi connectivity index (χ0) is 22.4. The van der Waals surface area contributed by atoms with Gasteiger partial charge in [-0.15, -0.1) is 0 Å². The number of carboxylic acids is 1. The van der Waals surface area contributed by atoms with Gasteiger partial charge >= 0.3 is 5.97 Å². The van der Waals surface area contributed by atoms with E-state index in [0.717, 1.165) is 51.9 Å². The van der Waals surface area contributed by atoms with Crippen LogP contribution in [-0.4, -0.2) is 59.9 Å². The maximum Gasteiger partial charge on any atom is 0.341 e. The predicted octanol–water partition coefficient (Wildman–Crippen LogP) is 3.64. The first kappa shape index (κ1) is 21.2. The first-order chi connectivity index (χ1) is 15.5. The highest BCUT2D eigenvalue weighted by molar-refractivity contribution is 5.97. The lowest BCUT2D eigenvalue weighted by Crippen LogP contribution is -2.47. The van der Waals surface area contributed by atoms with E-state index in [0.29, 0.717) is 23.0 Å². The minimum Gasteiger partial charge on any atom is -0.492 e. The smallest absolute Gasteiger partial charge is 0.341 e. The molecule has 0 amide bonds. The van der Waals surface area contributed by atoms with E-state index in [1.54, 1.807) is 0 Å². The Morgan fingerprint density at radius 1 is 1.06 bits per heavy atom. The topological polar surface area (TPSA) is 75.0 Å². The average molecular weight is 444 g/mol. The fourth-order valence-corrected chi connectivity index (χ4v) is 5.46. The number of benzene rings is 1. The molecule has 1 aliphatic carbocycles. The van der Waals surface area contributed by atoms with E-state index in [9.17, 15) is 14.7 Å². The third-order valence-electron chi connectivity index (χ3n) is 7.26. The van der Waals surface area contributed by atoms with Gasteiger partial charge in [-0.1, -0.05) is 6.42 Å². The molecule has 32 heavy (non-hydrogen) atoms. The number of rotatable bonds is 5. The molecule has 1 aromatic heterocycles. The number of nitrogens with zero attached hydrogens (tertiary/aromatic N) is 3. The monoisotopic (exact) mass is 443 g/mol. The van der Waals surface area contributed by atoms with Gasteiger partial charge in [0.2, 0.25) is 5.43 Å². The van der Waals surface area contributed by atoms with E-state index < -0.39 is 17.2 Å². The minimum absolute atomic E-state index is 0.0677. The predicted molar refractivity (Wildman–Crippen MR) is 121 cm³/mol. The molecule has 2 aliphatic heterocycles. The van der Waals surface area contributed by atoms with Crippen LogP contribution >= 0.6 is 0 Å². The van der Waals surface area contributed by atoms with Gasteiger partial charge in [-0.2, -0.15) is 0 Å². The Morgan fingerprint density at radius 2 is 1.75 bits per heavy atom. The van der Waals surface area contributed by atoms with Gasteiger partial charge in [0.25, 0.3) is 0 Å². The summed E-state index contributed by atoms with van der Waals surface area (Å²) in [5, 5.41) is 9.56. The summed E-state index contributed by atoms with van der Waals surface area (Å²) in [6.07, 6.45) is 8.94. The first-order valence-corrected chi connectivity index (χ1v) is 11.7. The molecule has 5 rings (SSSR count). The van der Waals surface area contributed by atoms with Gasteiger partial charge in [0.05, 0.1) is 18.0 Å². The van der Waals surface area contributed by atoms with Crippen LogP contribution in [0.15, 0.2) is 17.1 Å². The molecule has 0 spiro atoms. The molecule has 2 saturated heterocycles. The van der Waals surface area contributed by atoms with Gasteiger partial charge < -0.3 is 24.2 Å². The molecule has 3 aliphatic rings. The van der Waals surface area contributed by atoms with Crippen LogP contribution < -0.4 is 15.1 Å².